The van der Waals surface area contributed by atoms with Crippen LogP contribution < -0.4 is 10.2 Å². The van der Waals surface area contributed by atoms with Crippen molar-refractivity contribution >= 4 is 29.0 Å². The van der Waals surface area contributed by atoms with Gasteiger partial charge in [0.2, 0.25) is 5.91 Å². The third-order valence-corrected chi connectivity index (χ3v) is 4.99. The number of amides is 2. The second kappa shape index (κ2) is 8.93. The lowest BCUT2D eigenvalue weighted by molar-refractivity contribution is -0.124. The van der Waals surface area contributed by atoms with E-state index in [9.17, 15) is 14.0 Å². The molecule has 1 N–H and O–H groups in total. The fraction of sp³-hybridized carbons (Fsp3) is 0.304. The Labute approximate surface area is 185 Å². The van der Waals surface area contributed by atoms with E-state index in [0.29, 0.717) is 5.69 Å². The smallest absolute Gasteiger partial charge is 0.280 e. The van der Waals surface area contributed by atoms with Gasteiger partial charge in [0.25, 0.3) is 5.91 Å². The van der Waals surface area contributed by atoms with E-state index in [1.165, 1.54) is 22.4 Å². The number of carbonyl (C=O) groups excluding carboxylic acids is 2. The van der Waals surface area contributed by atoms with Crippen LogP contribution in [0.4, 0.5) is 10.1 Å². The van der Waals surface area contributed by atoms with Gasteiger partial charge < -0.3 is 5.32 Å². The highest BCUT2D eigenvalue weighted by Gasteiger charge is 2.37. The van der Waals surface area contributed by atoms with Crippen molar-refractivity contribution in [3.8, 4) is 0 Å². The van der Waals surface area contributed by atoms with Crippen LogP contribution in [0.15, 0.2) is 47.8 Å². The second-order valence-electron chi connectivity index (χ2n) is 8.47. The molecule has 0 aliphatic heterocycles. The van der Waals surface area contributed by atoms with Gasteiger partial charge in [-0.2, -0.15) is 0 Å². The van der Waals surface area contributed by atoms with E-state index < -0.39 is 29.2 Å². The van der Waals surface area contributed by atoms with E-state index in [2.05, 4.69) is 14.9 Å². The summed E-state index contributed by atoms with van der Waals surface area (Å²) in [4.78, 5) is 28.3. The van der Waals surface area contributed by atoms with Crippen molar-refractivity contribution in [1.82, 2.24) is 14.9 Å². The SMILES string of the molecule is Cc1cc(C)cc(N(C(=O)c2csnn2)[C@H](C(=O)NC(C)(C)C)c2ccccc2F)c1. The molecule has 1 atom stereocenters. The summed E-state index contributed by atoms with van der Waals surface area (Å²) >= 11 is 1.03. The van der Waals surface area contributed by atoms with E-state index in [-0.39, 0.29) is 11.3 Å². The Morgan fingerprint density at radius 1 is 1.10 bits per heavy atom. The second-order valence-corrected chi connectivity index (χ2v) is 9.08. The zero-order valence-corrected chi connectivity index (χ0v) is 19.0. The number of aryl methyl sites for hydroxylation is 2. The van der Waals surface area contributed by atoms with E-state index >= 15 is 0 Å². The van der Waals surface area contributed by atoms with Gasteiger partial charge in [-0.1, -0.05) is 28.8 Å². The van der Waals surface area contributed by atoms with Crippen molar-refractivity contribution in [2.45, 2.75) is 46.2 Å². The average Bonchev–Trinajstić information content (AvgIpc) is 3.19. The first-order chi connectivity index (χ1) is 14.6. The Morgan fingerprint density at radius 3 is 2.29 bits per heavy atom. The minimum absolute atomic E-state index is 0.0917. The summed E-state index contributed by atoms with van der Waals surface area (Å²) in [5.41, 5.74) is 1.90. The lowest BCUT2D eigenvalue weighted by Crippen LogP contribution is -2.50. The number of carbonyl (C=O) groups is 2. The molecular formula is C23H25FN4O2S. The minimum atomic E-state index is -1.24. The molecule has 3 aromatic rings. The van der Waals surface area contributed by atoms with Crippen molar-refractivity contribution in [3.63, 3.8) is 0 Å². The molecule has 0 spiro atoms. The summed E-state index contributed by atoms with van der Waals surface area (Å²) in [7, 11) is 0. The number of rotatable bonds is 5. The summed E-state index contributed by atoms with van der Waals surface area (Å²) in [6.45, 7) is 9.29. The van der Waals surface area contributed by atoms with Crippen LogP contribution in [0.1, 0.15) is 54.0 Å². The number of halogens is 1. The fourth-order valence-corrected chi connectivity index (χ4v) is 3.82. The van der Waals surface area contributed by atoms with Crippen LogP contribution in [0.3, 0.4) is 0 Å². The standard InChI is InChI=1S/C23H25FN4O2S/c1-14-10-15(2)12-16(11-14)28(22(30)19-13-31-27-26-19)20(21(29)25-23(3,4)5)17-8-6-7-9-18(17)24/h6-13,20H,1-5H3,(H,25,29)/t20-/m0/s1. The zero-order valence-electron chi connectivity index (χ0n) is 18.1. The molecule has 31 heavy (non-hydrogen) atoms. The minimum Gasteiger partial charge on any atom is -0.349 e. The first kappa shape index (κ1) is 22.6. The maximum atomic E-state index is 14.9. The van der Waals surface area contributed by atoms with Gasteiger partial charge in [-0.25, -0.2) is 4.39 Å². The number of hydrogen-bond donors (Lipinski definition) is 1. The molecule has 6 nitrogen and oxygen atoms in total. The Bertz CT molecular complexity index is 1070. The van der Waals surface area contributed by atoms with Gasteiger partial charge in [0, 0.05) is 22.2 Å². The van der Waals surface area contributed by atoms with Gasteiger partial charge in [0.15, 0.2) is 5.69 Å². The van der Waals surface area contributed by atoms with Crippen molar-refractivity contribution in [3.05, 3.63) is 76.0 Å². The average molecular weight is 441 g/mol. The van der Waals surface area contributed by atoms with Crippen LogP contribution in [0.2, 0.25) is 0 Å². The summed E-state index contributed by atoms with van der Waals surface area (Å²) in [5, 5.41) is 8.30. The maximum Gasteiger partial charge on any atom is 0.280 e. The molecule has 0 aliphatic rings. The van der Waals surface area contributed by atoms with Crippen LogP contribution in [0.5, 0.6) is 0 Å². The molecule has 0 unspecified atom stereocenters. The highest BCUT2D eigenvalue weighted by Crippen LogP contribution is 2.32. The van der Waals surface area contributed by atoms with E-state index in [4.69, 9.17) is 0 Å². The molecule has 2 aromatic carbocycles. The number of aromatic nitrogens is 2. The predicted octanol–water partition coefficient (Wildman–Crippen LogP) is 4.60. The summed E-state index contributed by atoms with van der Waals surface area (Å²) in [5.74, 6) is -1.60. The van der Waals surface area contributed by atoms with Gasteiger partial charge in [0.1, 0.15) is 11.9 Å². The third kappa shape index (κ3) is 5.32. The molecule has 3 rings (SSSR count). The van der Waals surface area contributed by atoms with Crippen molar-refractivity contribution < 1.29 is 14.0 Å². The number of anilines is 1. The molecule has 0 saturated carbocycles. The first-order valence-electron chi connectivity index (χ1n) is 9.82. The Morgan fingerprint density at radius 2 is 1.74 bits per heavy atom. The van der Waals surface area contributed by atoms with Gasteiger partial charge >= 0.3 is 0 Å². The topological polar surface area (TPSA) is 75.2 Å². The van der Waals surface area contributed by atoms with E-state index in [1.54, 1.807) is 24.3 Å². The number of hydrogen-bond acceptors (Lipinski definition) is 5. The van der Waals surface area contributed by atoms with E-state index in [0.717, 1.165) is 22.7 Å². The number of nitrogens with one attached hydrogen (secondary N) is 1. The molecule has 162 valence electrons. The monoisotopic (exact) mass is 440 g/mol. The molecular weight excluding hydrogens is 415 g/mol. The zero-order chi connectivity index (χ0) is 22.8. The van der Waals surface area contributed by atoms with Crippen LogP contribution in [0.25, 0.3) is 0 Å². The molecule has 0 radical (unpaired) electrons. The lowest BCUT2D eigenvalue weighted by atomic mass is 9.99. The summed E-state index contributed by atoms with van der Waals surface area (Å²) in [6.07, 6.45) is 0. The maximum absolute atomic E-state index is 14.9. The molecule has 2 amide bonds. The van der Waals surface area contributed by atoms with Crippen LogP contribution >= 0.6 is 11.5 Å². The highest BCUT2D eigenvalue weighted by molar-refractivity contribution is 7.03. The van der Waals surface area contributed by atoms with Crippen molar-refractivity contribution in [2.24, 2.45) is 0 Å². The molecule has 0 bridgehead atoms. The molecule has 0 fully saturated rings. The number of nitrogens with zero attached hydrogens (tertiary/aromatic N) is 3. The van der Waals surface area contributed by atoms with Crippen molar-refractivity contribution in [1.29, 1.82) is 0 Å². The quantitative estimate of drug-likeness (QED) is 0.629. The summed E-state index contributed by atoms with van der Waals surface area (Å²) in [6, 6.07) is 10.3. The van der Waals surface area contributed by atoms with Crippen LogP contribution in [-0.4, -0.2) is 26.9 Å². The summed E-state index contributed by atoms with van der Waals surface area (Å²) < 4.78 is 18.7. The van der Waals surface area contributed by atoms with Gasteiger partial charge in [-0.15, -0.1) is 5.10 Å². The molecule has 8 heteroatoms. The molecule has 1 aromatic heterocycles. The van der Waals surface area contributed by atoms with Gasteiger partial charge in [-0.05, 0) is 75.5 Å². The molecule has 1 heterocycles. The number of benzene rings is 2. The van der Waals surface area contributed by atoms with Gasteiger partial charge in [-0.3, -0.25) is 14.5 Å². The normalized spacial score (nSPS) is 12.3. The molecule has 0 saturated heterocycles. The van der Waals surface area contributed by atoms with Crippen LogP contribution in [0, 0.1) is 19.7 Å². The first-order valence-corrected chi connectivity index (χ1v) is 10.7. The lowest BCUT2D eigenvalue weighted by Gasteiger charge is -2.33. The Hall–Kier alpha value is -3.13. The Balaban J connectivity index is 2.24. The van der Waals surface area contributed by atoms with Crippen LogP contribution in [-0.2, 0) is 4.79 Å². The largest absolute Gasteiger partial charge is 0.349 e. The Kier molecular flexibility index (Phi) is 6.50. The fourth-order valence-electron chi connectivity index (χ4n) is 3.39. The van der Waals surface area contributed by atoms with Crippen molar-refractivity contribution in [2.75, 3.05) is 4.90 Å². The predicted molar refractivity (Wildman–Crippen MR) is 120 cm³/mol. The highest BCUT2D eigenvalue weighted by atomic mass is 32.1. The third-order valence-electron chi connectivity index (χ3n) is 4.49. The molecule has 0 aliphatic carbocycles. The van der Waals surface area contributed by atoms with E-state index in [1.807, 2.05) is 40.7 Å². The van der Waals surface area contributed by atoms with Gasteiger partial charge in [0.05, 0.1) is 0 Å².